The third-order valence-electron chi connectivity index (χ3n) is 2.97. The average molecular weight is 331 g/mol. The fourth-order valence-electron chi connectivity index (χ4n) is 1.95. The van der Waals surface area contributed by atoms with Crippen molar-refractivity contribution in [3.8, 4) is 11.5 Å². The Balaban J connectivity index is 2.03. The molecular weight excluding hydrogens is 314 g/mol. The molecule has 0 bridgehead atoms. The number of aryl methyl sites for hydroxylation is 1. The summed E-state index contributed by atoms with van der Waals surface area (Å²) >= 11 is 0. The van der Waals surface area contributed by atoms with E-state index in [1.54, 1.807) is 37.3 Å². The highest BCUT2D eigenvalue weighted by molar-refractivity contribution is 5.93. The lowest BCUT2D eigenvalue weighted by Gasteiger charge is -2.11. The topological polar surface area (TPSA) is 104 Å². The van der Waals surface area contributed by atoms with Crippen LogP contribution in [0.5, 0.6) is 11.5 Å². The zero-order valence-electron chi connectivity index (χ0n) is 13.3. The first kappa shape index (κ1) is 17.2. The van der Waals surface area contributed by atoms with E-state index < -0.39 is 16.6 Å². The fourth-order valence-corrected chi connectivity index (χ4v) is 1.95. The van der Waals surface area contributed by atoms with E-state index in [4.69, 9.17) is 9.47 Å². The van der Waals surface area contributed by atoms with Crippen molar-refractivity contribution in [3.05, 3.63) is 52.2 Å². The third kappa shape index (κ3) is 4.42. The van der Waals surface area contributed by atoms with Gasteiger partial charge in [0.25, 0.3) is 5.91 Å². The van der Waals surface area contributed by atoms with Gasteiger partial charge in [0.15, 0.2) is 6.61 Å². The van der Waals surface area contributed by atoms with Gasteiger partial charge < -0.3 is 24.9 Å². The zero-order chi connectivity index (χ0) is 17.5. The predicted octanol–water partition coefficient (Wildman–Crippen LogP) is 2.71. The molecule has 0 atom stereocenters. The molecule has 0 aliphatic rings. The number of benzene rings is 1. The smallest absolute Gasteiger partial charge is 0.406 e. The number of para-hydroxylation sites is 2. The van der Waals surface area contributed by atoms with Crippen molar-refractivity contribution in [1.82, 2.24) is 4.98 Å². The molecule has 1 amide bonds. The maximum atomic E-state index is 12.0. The Morgan fingerprint density at radius 3 is 2.67 bits per heavy atom. The van der Waals surface area contributed by atoms with E-state index in [0.717, 1.165) is 0 Å². The lowest BCUT2D eigenvalue weighted by molar-refractivity contribution is -0.390. The predicted molar refractivity (Wildman–Crippen MR) is 87.4 cm³/mol. The number of aromatic nitrogens is 1. The van der Waals surface area contributed by atoms with Crippen LogP contribution in [0.25, 0.3) is 0 Å². The zero-order valence-corrected chi connectivity index (χ0v) is 13.3. The van der Waals surface area contributed by atoms with Gasteiger partial charge in [-0.3, -0.25) is 4.79 Å². The number of hydrogen-bond acceptors (Lipinski definition) is 6. The average Bonchev–Trinajstić information content (AvgIpc) is 2.55. The number of nitrogens with zero attached hydrogens (tertiary/aromatic N) is 2. The Bertz CT molecular complexity index is 748. The standard InChI is InChI=1S/C16H17N3O5/c1-3-23-13-7-5-4-6-12(13)18-15(20)10-24-14-9-8-11(2)17-16(14)19(21)22/h4-9H,3,10H2,1-2H3,(H,18,20). The molecule has 1 N–H and O–H groups in total. The van der Waals surface area contributed by atoms with Gasteiger partial charge >= 0.3 is 5.82 Å². The number of ether oxygens (including phenoxy) is 2. The van der Waals surface area contributed by atoms with E-state index >= 15 is 0 Å². The molecule has 0 aliphatic carbocycles. The van der Waals surface area contributed by atoms with E-state index in [1.807, 2.05) is 6.92 Å². The van der Waals surface area contributed by atoms with Crippen molar-refractivity contribution in [1.29, 1.82) is 0 Å². The summed E-state index contributed by atoms with van der Waals surface area (Å²) in [5.41, 5.74) is 0.994. The molecule has 0 unspecified atom stereocenters. The van der Waals surface area contributed by atoms with E-state index in [9.17, 15) is 14.9 Å². The summed E-state index contributed by atoms with van der Waals surface area (Å²) in [6, 6.07) is 9.96. The second-order valence-corrected chi connectivity index (χ2v) is 4.80. The molecule has 1 aromatic carbocycles. The summed E-state index contributed by atoms with van der Waals surface area (Å²) in [5, 5.41) is 13.6. The summed E-state index contributed by atoms with van der Waals surface area (Å²) in [5.74, 6) is -0.398. The van der Waals surface area contributed by atoms with Gasteiger partial charge in [0, 0.05) is 6.92 Å². The van der Waals surface area contributed by atoms with E-state index in [0.29, 0.717) is 23.7 Å². The highest BCUT2D eigenvalue weighted by atomic mass is 16.6. The number of pyridine rings is 1. The Hall–Kier alpha value is -3.16. The van der Waals surface area contributed by atoms with Crippen LogP contribution in [0.2, 0.25) is 0 Å². The number of amides is 1. The van der Waals surface area contributed by atoms with E-state index in [-0.39, 0.29) is 12.4 Å². The Labute approximate surface area is 138 Å². The molecule has 24 heavy (non-hydrogen) atoms. The van der Waals surface area contributed by atoms with Crippen LogP contribution in [0.1, 0.15) is 12.6 Å². The monoisotopic (exact) mass is 331 g/mol. The molecule has 1 aromatic heterocycles. The van der Waals surface area contributed by atoms with Gasteiger partial charge in [0.05, 0.1) is 12.3 Å². The van der Waals surface area contributed by atoms with Crippen molar-refractivity contribution in [2.45, 2.75) is 13.8 Å². The first-order valence-corrected chi connectivity index (χ1v) is 7.27. The molecule has 0 spiro atoms. The van der Waals surface area contributed by atoms with Crippen molar-refractivity contribution >= 4 is 17.4 Å². The maximum absolute atomic E-state index is 12.0. The number of carbonyl (C=O) groups is 1. The van der Waals surface area contributed by atoms with Crippen molar-refractivity contribution in [2.75, 3.05) is 18.5 Å². The van der Waals surface area contributed by atoms with Crippen LogP contribution in [0.4, 0.5) is 11.5 Å². The summed E-state index contributed by atoms with van der Waals surface area (Å²) in [6.07, 6.45) is 0. The number of nitro groups is 1. The summed E-state index contributed by atoms with van der Waals surface area (Å²) in [4.78, 5) is 26.1. The van der Waals surface area contributed by atoms with Gasteiger partial charge in [-0.05, 0) is 41.1 Å². The van der Waals surface area contributed by atoms with Gasteiger partial charge in [0.1, 0.15) is 11.4 Å². The Kier molecular flexibility index (Phi) is 5.67. The van der Waals surface area contributed by atoms with Crippen LogP contribution < -0.4 is 14.8 Å². The first-order chi connectivity index (χ1) is 11.5. The van der Waals surface area contributed by atoms with Crippen LogP contribution >= 0.6 is 0 Å². The molecule has 0 saturated heterocycles. The van der Waals surface area contributed by atoms with Crippen molar-refractivity contribution < 1.29 is 19.2 Å². The van der Waals surface area contributed by atoms with Gasteiger partial charge in [0.2, 0.25) is 5.75 Å². The van der Waals surface area contributed by atoms with Crippen molar-refractivity contribution in [3.63, 3.8) is 0 Å². The minimum atomic E-state index is -0.648. The first-order valence-electron chi connectivity index (χ1n) is 7.27. The normalized spacial score (nSPS) is 10.1. The highest BCUT2D eigenvalue weighted by Crippen LogP contribution is 2.25. The van der Waals surface area contributed by atoms with Crippen LogP contribution in [0.15, 0.2) is 36.4 Å². The second kappa shape index (κ2) is 7.91. The van der Waals surface area contributed by atoms with Gasteiger partial charge in [-0.15, -0.1) is 0 Å². The molecule has 8 nitrogen and oxygen atoms in total. The SMILES string of the molecule is CCOc1ccccc1NC(=O)COc1ccc(C)nc1[N+](=O)[O-]. The molecule has 0 radical (unpaired) electrons. The number of carbonyl (C=O) groups excluding carboxylic acids is 1. The van der Waals surface area contributed by atoms with E-state index in [1.165, 1.54) is 6.07 Å². The van der Waals surface area contributed by atoms with Crippen LogP contribution in [-0.4, -0.2) is 29.0 Å². The molecule has 2 aromatic rings. The Morgan fingerprint density at radius 2 is 1.96 bits per heavy atom. The lowest BCUT2D eigenvalue weighted by atomic mass is 10.3. The molecule has 8 heteroatoms. The Morgan fingerprint density at radius 1 is 1.21 bits per heavy atom. The lowest BCUT2D eigenvalue weighted by Crippen LogP contribution is -2.21. The third-order valence-corrected chi connectivity index (χ3v) is 2.97. The molecular formula is C16H17N3O5. The summed E-state index contributed by atoms with van der Waals surface area (Å²) in [7, 11) is 0. The summed E-state index contributed by atoms with van der Waals surface area (Å²) in [6.45, 7) is 3.55. The minimum Gasteiger partial charge on any atom is -0.492 e. The molecule has 2 rings (SSSR count). The highest BCUT2D eigenvalue weighted by Gasteiger charge is 2.18. The van der Waals surface area contributed by atoms with Gasteiger partial charge in [-0.2, -0.15) is 0 Å². The number of anilines is 1. The molecule has 0 fully saturated rings. The quantitative estimate of drug-likeness (QED) is 0.618. The molecule has 0 saturated carbocycles. The van der Waals surface area contributed by atoms with E-state index in [2.05, 4.69) is 10.3 Å². The van der Waals surface area contributed by atoms with Crippen LogP contribution in [0, 0.1) is 17.0 Å². The number of nitrogens with one attached hydrogen (secondary N) is 1. The molecule has 0 aliphatic heterocycles. The largest absolute Gasteiger partial charge is 0.492 e. The maximum Gasteiger partial charge on any atom is 0.406 e. The summed E-state index contributed by atoms with van der Waals surface area (Å²) < 4.78 is 10.6. The second-order valence-electron chi connectivity index (χ2n) is 4.80. The van der Waals surface area contributed by atoms with Crippen LogP contribution in [0.3, 0.4) is 0 Å². The van der Waals surface area contributed by atoms with Crippen LogP contribution in [-0.2, 0) is 4.79 Å². The molecule has 1 heterocycles. The minimum absolute atomic E-state index is 0.0566. The van der Waals surface area contributed by atoms with Gasteiger partial charge in [-0.1, -0.05) is 12.1 Å². The van der Waals surface area contributed by atoms with Crippen molar-refractivity contribution in [2.24, 2.45) is 0 Å². The van der Waals surface area contributed by atoms with Gasteiger partial charge in [-0.25, -0.2) is 0 Å². The number of rotatable bonds is 7. The fraction of sp³-hybridized carbons (Fsp3) is 0.250. The number of hydrogen-bond donors (Lipinski definition) is 1. The molecule has 126 valence electrons.